The quantitative estimate of drug-likeness (QED) is 0.393. The van der Waals surface area contributed by atoms with Crippen molar-refractivity contribution in [2.24, 2.45) is 5.92 Å². The Balaban J connectivity index is 1.74. The van der Waals surface area contributed by atoms with Crippen LogP contribution >= 0.6 is 22.6 Å². The smallest absolute Gasteiger partial charge is 0.301 e. The van der Waals surface area contributed by atoms with Gasteiger partial charge in [-0.05, 0) is 98.2 Å². The lowest BCUT2D eigenvalue weighted by Crippen LogP contribution is -2.42. The molecule has 182 valence electrons. The molecule has 1 fully saturated rings. The first-order valence-electron chi connectivity index (χ1n) is 10.8. The Morgan fingerprint density at radius 1 is 1.09 bits per heavy atom. The van der Waals surface area contributed by atoms with Crippen LogP contribution in [0.15, 0.2) is 30.3 Å². The van der Waals surface area contributed by atoms with Crippen molar-refractivity contribution in [1.29, 1.82) is 0 Å². The minimum absolute atomic E-state index is 0.0989. The highest BCUT2D eigenvalue weighted by atomic mass is 127. The monoisotopic (exact) mass is 596 g/mol. The Kier molecular flexibility index (Phi) is 8.87. The second-order valence-electron chi connectivity index (χ2n) is 8.17. The van der Waals surface area contributed by atoms with E-state index in [0.717, 1.165) is 44.5 Å². The molecular formula is C22H28F3IN4O2S. The van der Waals surface area contributed by atoms with Crippen LogP contribution in [0, 0.1) is 26.9 Å². The van der Waals surface area contributed by atoms with Gasteiger partial charge in [-0.3, -0.25) is 4.72 Å². The van der Waals surface area contributed by atoms with Crippen LogP contribution in [0.2, 0.25) is 0 Å². The van der Waals surface area contributed by atoms with Gasteiger partial charge in [-0.2, -0.15) is 12.7 Å². The molecule has 0 radical (unpaired) electrons. The zero-order chi connectivity index (χ0) is 24.2. The molecule has 0 aliphatic carbocycles. The van der Waals surface area contributed by atoms with Gasteiger partial charge in [0.1, 0.15) is 11.5 Å². The minimum Gasteiger partial charge on any atom is -0.349 e. The maximum atomic E-state index is 14.6. The molecule has 0 spiro atoms. The number of hydrogen-bond acceptors (Lipinski definition) is 4. The number of rotatable bonds is 9. The van der Waals surface area contributed by atoms with Gasteiger partial charge < -0.3 is 10.2 Å². The van der Waals surface area contributed by atoms with E-state index in [2.05, 4.69) is 28.9 Å². The van der Waals surface area contributed by atoms with E-state index in [1.165, 1.54) is 16.4 Å². The van der Waals surface area contributed by atoms with E-state index in [0.29, 0.717) is 22.6 Å². The number of anilines is 3. The van der Waals surface area contributed by atoms with Gasteiger partial charge in [-0.15, -0.1) is 0 Å². The van der Waals surface area contributed by atoms with Crippen molar-refractivity contribution in [3.05, 3.63) is 51.4 Å². The summed E-state index contributed by atoms with van der Waals surface area (Å²) in [6, 6.07) is 6.15. The first-order chi connectivity index (χ1) is 15.6. The van der Waals surface area contributed by atoms with E-state index in [1.54, 1.807) is 6.07 Å². The molecule has 1 saturated heterocycles. The van der Waals surface area contributed by atoms with Crippen molar-refractivity contribution in [2.75, 3.05) is 43.3 Å². The topological polar surface area (TPSA) is 64.7 Å². The Bertz CT molecular complexity index is 1080. The molecule has 0 saturated carbocycles. The lowest BCUT2D eigenvalue weighted by atomic mass is 9.94. The maximum absolute atomic E-state index is 14.6. The molecule has 1 aliphatic heterocycles. The average molecular weight is 596 g/mol. The van der Waals surface area contributed by atoms with Gasteiger partial charge in [0.2, 0.25) is 0 Å². The highest BCUT2D eigenvalue weighted by Gasteiger charge is 2.29. The summed E-state index contributed by atoms with van der Waals surface area (Å²) in [5.41, 5.74) is -0.770. The number of nitrogens with one attached hydrogen (secondary N) is 2. The fourth-order valence-corrected chi connectivity index (χ4v) is 5.41. The molecule has 6 nitrogen and oxygen atoms in total. The lowest BCUT2D eigenvalue weighted by molar-refractivity contribution is 0.236. The van der Waals surface area contributed by atoms with Crippen molar-refractivity contribution in [1.82, 2.24) is 9.21 Å². The Morgan fingerprint density at radius 3 is 2.39 bits per heavy atom. The SMILES string of the molecule is CCN(C)CCC1CCN(S(=O)(=O)Nc2ccc(F)c(F)c2Nc2ccc(I)cc2F)CC1. The van der Waals surface area contributed by atoms with Crippen LogP contribution in [-0.4, -0.2) is 50.8 Å². The largest absolute Gasteiger partial charge is 0.349 e. The standard InChI is InChI=1S/C22H28F3IN4O2S/c1-3-29(2)11-8-15-9-12-30(13-10-15)33(31,32)28-20-7-5-17(23)21(25)22(20)27-19-6-4-16(26)14-18(19)24/h4-7,14-15,27-28H,3,8-13H2,1-2H3. The van der Waals surface area contributed by atoms with Crippen molar-refractivity contribution >= 4 is 49.9 Å². The molecule has 2 N–H and O–H groups in total. The second kappa shape index (κ2) is 11.2. The van der Waals surface area contributed by atoms with E-state index in [-0.39, 0.29) is 11.4 Å². The summed E-state index contributed by atoms with van der Waals surface area (Å²) >= 11 is 1.92. The van der Waals surface area contributed by atoms with Gasteiger partial charge in [-0.25, -0.2) is 13.2 Å². The first-order valence-corrected chi connectivity index (χ1v) is 13.3. The number of nitrogens with zero attached hydrogens (tertiary/aromatic N) is 2. The van der Waals surface area contributed by atoms with Gasteiger partial charge >= 0.3 is 10.2 Å². The normalized spacial score (nSPS) is 15.7. The Labute approximate surface area is 206 Å². The molecular weight excluding hydrogens is 568 g/mol. The van der Waals surface area contributed by atoms with Gasteiger partial charge in [0, 0.05) is 16.7 Å². The summed E-state index contributed by atoms with van der Waals surface area (Å²) in [5, 5.41) is 2.50. The molecule has 1 heterocycles. The third-order valence-electron chi connectivity index (χ3n) is 5.90. The van der Waals surface area contributed by atoms with Crippen LogP contribution in [0.4, 0.5) is 30.2 Å². The summed E-state index contributed by atoms with van der Waals surface area (Å²) in [5.74, 6) is -2.71. The second-order valence-corrected chi connectivity index (χ2v) is 11.1. The summed E-state index contributed by atoms with van der Waals surface area (Å²) in [4.78, 5) is 2.22. The lowest BCUT2D eigenvalue weighted by Gasteiger charge is -2.32. The molecule has 2 aromatic rings. The predicted molar refractivity (Wildman–Crippen MR) is 133 cm³/mol. The van der Waals surface area contributed by atoms with Gasteiger partial charge in [0.05, 0.1) is 11.4 Å². The zero-order valence-corrected chi connectivity index (χ0v) is 21.5. The zero-order valence-electron chi connectivity index (χ0n) is 18.5. The minimum atomic E-state index is -4.01. The molecule has 33 heavy (non-hydrogen) atoms. The van der Waals surface area contributed by atoms with Gasteiger partial charge in [0.15, 0.2) is 11.6 Å². The van der Waals surface area contributed by atoms with Crippen LogP contribution in [-0.2, 0) is 10.2 Å². The Morgan fingerprint density at radius 2 is 1.76 bits per heavy atom. The van der Waals surface area contributed by atoms with E-state index < -0.39 is 33.3 Å². The number of benzene rings is 2. The molecule has 0 atom stereocenters. The van der Waals surface area contributed by atoms with Crippen molar-refractivity contribution in [3.63, 3.8) is 0 Å². The highest BCUT2D eigenvalue weighted by molar-refractivity contribution is 14.1. The average Bonchev–Trinajstić information content (AvgIpc) is 2.78. The molecule has 0 unspecified atom stereocenters. The summed E-state index contributed by atoms with van der Waals surface area (Å²) in [6.07, 6.45) is 2.47. The fraction of sp³-hybridized carbons (Fsp3) is 0.455. The van der Waals surface area contributed by atoms with E-state index in [9.17, 15) is 21.6 Å². The third kappa shape index (κ3) is 6.74. The third-order valence-corrected chi connectivity index (χ3v) is 8.09. The summed E-state index contributed by atoms with van der Waals surface area (Å²) in [6.45, 7) is 4.70. The van der Waals surface area contributed by atoms with Crippen molar-refractivity contribution < 1.29 is 21.6 Å². The van der Waals surface area contributed by atoms with Gasteiger partial charge in [-0.1, -0.05) is 6.92 Å². The van der Waals surface area contributed by atoms with Crippen molar-refractivity contribution in [2.45, 2.75) is 26.2 Å². The maximum Gasteiger partial charge on any atom is 0.301 e. The molecule has 0 aromatic heterocycles. The van der Waals surface area contributed by atoms with E-state index in [4.69, 9.17) is 0 Å². The van der Waals surface area contributed by atoms with Crippen molar-refractivity contribution in [3.8, 4) is 0 Å². The van der Waals surface area contributed by atoms with Crippen LogP contribution in [0.5, 0.6) is 0 Å². The molecule has 2 aromatic carbocycles. The highest BCUT2D eigenvalue weighted by Crippen LogP contribution is 2.33. The van der Waals surface area contributed by atoms with E-state index in [1.807, 2.05) is 22.6 Å². The van der Waals surface area contributed by atoms with Gasteiger partial charge in [0.25, 0.3) is 0 Å². The number of halogens is 4. The van der Waals surface area contributed by atoms with Crippen LogP contribution < -0.4 is 10.0 Å². The number of hydrogen-bond donors (Lipinski definition) is 2. The predicted octanol–water partition coefficient (Wildman–Crippen LogP) is 5.16. The molecule has 0 amide bonds. The molecule has 11 heteroatoms. The molecule has 0 bridgehead atoms. The summed E-state index contributed by atoms with van der Waals surface area (Å²) in [7, 11) is -1.95. The van der Waals surface area contributed by atoms with Crippen LogP contribution in [0.25, 0.3) is 0 Å². The molecule has 3 rings (SSSR count). The Hall–Kier alpha value is -1.57. The number of piperidine rings is 1. The van der Waals surface area contributed by atoms with Crippen LogP contribution in [0.1, 0.15) is 26.2 Å². The summed E-state index contributed by atoms with van der Waals surface area (Å²) < 4.78 is 73.0. The molecule has 1 aliphatic rings. The first kappa shape index (κ1) is 26.0. The van der Waals surface area contributed by atoms with E-state index >= 15 is 0 Å². The van der Waals surface area contributed by atoms with Crippen LogP contribution in [0.3, 0.4) is 0 Å². The fourth-order valence-electron chi connectivity index (χ4n) is 3.69.